The molecule has 1 nitrogen and oxygen atoms in total. The Bertz CT molecular complexity index is 88.5. The monoisotopic (exact) mass is 170 g/mol. The molecule has 0 fully saturated rings. The highest BCUT2D eigenvalue weighted by molar-refractivity contribution is 8.35. The lowest BCUT2D eigenvalue weighted by atomic mass is 10.4. The highest BCUT2D eigenvalue weighted by Crippen LogP contribution is 2.10. The van der Waals surface area contributed by atoms with Crippen molar-refractivity contribution in [3.63, 3.8) is 0 Å². The lowest BCUT2D eigenvalue weighted by molar-refractivity contribution is 0.983. The van der Waals surface area contributed by atoms with Crippen molar-refractivity contribution >= 4 is 30.7 Å². The number of hydrogen-bond donors (Lipinski definition) is 0. The highest BCUT2D eigenvalue weighted by atomic mass is 36.0. The molecule has 0 aromatic carbocycles. The van der Waals surface area contributed by atoms with Gasteiger partial charge in [-0.2, -0.15) is 5.26 Å². The molecule has 0 rings (SSSR count). The second kappa shape index (κ2) is 5.55. The summed E-state index contributed by atoms with van der Waals surface area (Å²) in [4.78, 5) is 0. The molecule has 0 aliphatic carbocycles. The lowest BCUT2D eigenvalue weighted by Crippen LogP contribution is -1.87. The molecular weight excluding hydrogens is 165 g/mol. The molecule has 0 aromatic heterocycles. The number of nitrogens with zero attached hydrogens (tertiary/aromatic N) is 1. The molecular formula is C4H6Cl2NS+. The van der Waals surface area contributed by atoms with Crippen LogP contribution < -0.4 is 0 Å². The summed E-state index contributed by atoms with van der Waals surface area (Å²) in [5.74, 6) is 0.747. The van der Waals surface area contributed by atoms with E-state index >= 15 is 0 Å². The third kappa shape index (κ3) is 6.42. The van der Waals surface area contributed by atoms with E-state index in [0.717, 1.165) is 12.2 Å². The van der Waals surface area contributed by atoms with Crippen LogP contribution in [0.25, 0.3) is 0 Å². The molecule has 0 spiro atoms. The smallest absolute Gasteiger partial charge is 0.198 e. The van der Waals surface area contributed by atoms with E-state index in [0.29, 0.717) is 6.42 Å². The number of hydrogen-bond acceptors (Lipinski definition) is 1. The summed E-state index contributed by atoms with van der Waals surface area (Å²) in [7, 11) is 10.3. The Morgan fingerprint density at radius 1 is 1.50 bits per heavy atom. The molecule has 0 saturated heterocycles. The third-order valence-electron chi connectivity index (χ3n) is 0.587. The zero-order valence-corrected chi connectivity index (χ0v) is 6.56. The molecule has 0 N–H and O–H groups in total. The SMILES string of the molecule is N#CCCC[S+](Cl)Cl. The number of rotatable bonds is 3. The molecule has 0 amide bonds. The predicted molar refractivity (Wildman–Crippen MR) is 38.8 cm³/mol. The Labute approximate surface area is 60.9 Å². The van der Waals surface area contributed by atoms with Crippen LogP contribution in [0.2, 0.25) is 0 Å². The molecule has 46 valence electrons. The van der Waals surface area contributed by atoms with Crippen LogP contribution in [0.3, 0.4) is 0 Å². The summed E-state index contributed by atoms with van der Waals surface area (Å²) in [6.07, 6.45) is 1.37. The molecule has 0 radical (unpaired) electrons. The molecule has 0 heterocycles. The number of halogens is 2. The maximum absolute atomic E-state index is 8.05. The lowest BCUT2D eigenvalue weighted by Gasteiger charge is -1.81. The van der Waals surface area contributed by atoms with Crippen LogP contribution >= 0.6 is 21.4 Å². The Kier molecular flexibility index (Phi) is 5.85. The largest absolute Gasteiger partial charge is 0.215 e. The van der Waals surface area contributed by atoms with Gasteiger partial charge in [0, 0.05) is 12.8 Å². The van der Waals surface area contributed by atoms with Crippen LogP contribution in [0.5, 0.6) is 0 Å². The summed E-state index contributed by atoms with van der Waals surface area (Å²) in [6, 6.07) is 2.01. The van der Waals surface area contributed by atoms with Gasteiger partial charge in [-0.15, -0.1) is 0 Å². The van der Waals surface area contributed by atoms with E-state index in [4.69, 9.17) is 26.6 Å². The fourth-order valence-corrected chi connectivity index (χ4v) is 1.28. The molecule has 0 aliphatic rings. The van der Waals surface area contributed by atoms with Crippen LogP contribution in [-0.2, 0) is 9.32 Å². The molecule has 0 atom stereocenters. The standard InChI is InChI=1S/C4H6Cl2NS/c5-8(6)4-2-1-3-7/h1-2,4H2/q+1. The molecule has 0 bridgehead atoms. The first-order chi connectivity index (χ1) is 3.77. The fraction of sp³-hybridized carbons (Fsp3) is 0.750. The van der Waals surface area contributed by atoms with Crippen LogP contribution in [0, 0.1) is 11.3 Å². The zero-order valence-electron chi connectivity index (χ0n) is 4.23. The van der Waals surface area contributed by atoms with E-state index in [1.165, 1.54) is 0 Å². The first kappa shape index (κ1) is 8.42. The predicted octanol–water partition coefficient (Wildman–Crippen LogP) is 2.22. The minimum atomic E-state index is -0.524. The normalized spacial score (nSPS) is 9.25. The molecule has 4 heteroatoms. The van der Waals surface area contributed by atoms with E-state index in [9.17, 15) is 0 Å². The van der Waals surface area contributed by atoms with Gasteiger partial charge in [0.15, 0.2) is 21.4 Å². The summed E-state index contributed by atoms with van der Waals surface area (Å²) in [5.41, 5.74) is 0. The molecule has 0 saturated carbocycles. The van der Waals surface area contributed by atoms with Crippen molar-refractivity contribution in [1.82, 2.24) is 0 Å². The van der Waals surface area contributed by atoms with E-state index in [-0.39, 0.29) is 0 Å². The maximum Gasteiger partial charge on any atom is 0.215 e. The minimum absolute atomic E-state index is 0.524. The minimum Gasteiger partial charge on any atom is -0.198 e. The fourth-order valence-electron chi connectivity index (χ4n) is 0.260. The maximum atomic E-state index is 8.05. The van der Waals surface area contributed by atoms with Gasteiger partial charge in [0.1, 0.15) is 5.75 Å². The van der Waals surface area contributed by atoms with Gasteiger partial charge in [-0.3, -0.25) is 0 Å². The summed E-state index contributed by atoms with van der Waals surface area (Å²) < 4.78 is 0. The van der Waals surface area contributed by atoms with E-state index in [1.807, 2.05) is 6.07 Å². The topological polar surface area (TPSA) is 23.8 Å². The Balaban J connectivity index is 2.85. The van der Waals surface area contributed by atoms with Crippen molar-refractivity contribution in [3.8, 4) is 6.07 Å². The van der Waals surface area contributed by atoms with Crippen molar-refractivity contribution in [2.24, 2.45) is 0 Å². The van der Waals surface area contributed by atoms with Gasteiger partial charge in [0.05, 0.1) is 6.07 Å². The van der Waals surface area contributed by atoms with Crippen molar-refractivity contribution < 1.29 is 0 Å². The van der Waals surface area contributed by atoms with Crippen LogP contribution in [0.15, 0.2) is 0 Å². The Morgan fingerprint density at radius 2 is 2.12 bits per heavy atom. The third-order valence-corrected chi connectivity index (χ3v) is 2.11. The second-order valence-electron chi connectivity index (χ2n) is 1.24. The number of unbranched alkanes of at least 4 members (excludes halogenated alkanes) is 1. The Morgan fingerprint density at radius 3 is 2.50 bits per heavy atom. The number of nitriles is 1. The Hall–Kier alpha value is 0.420. The first-order valence-electron chi connectivity index (χ1n) is 2.17. The highest BCUT2D eigenvalue weighted by Gasteiger charge is 2.09. The average Bonchev–Trinajstić information content (AvgIpc) is 1.66. The van der Waals surface area contributed by atoms with E-state index < -0.39 is 9.32 Å². The van der Waals surface area contributed by atoms with Crippen LogP contribution in [0.1, 0.15) is 12.8 Å². The molecule has 0 unspecified atom stereocenters. The summed E-state index contributed by atoms with van der Waals surface area (Å²) in [5, 5.41) is 8.05. The van der Waals surface area contributed by atoms with Crippen molar-refractivity contribution in [3.05, 3.63) is 0 Å². The van der Waals surface area contributed by atoms with Gasteiger partial charge in [0.2, 0.25) is 9.32 Å². The van der Waals surface area contributed by atoms with Gasteiger partial charge < -0.3 is 0 Å². The zero-order chi connectivity index (χ0) is 6.41. The van der Waals surface area contributed by atoms with E-state index in [1.54, 1.807) is 0 Å². The average molecular weight is 171 g/mol. The van der Waals surface area contributed by atoms with E-state index in [2.05, 4.69) is 0 Å². The van der Waals surface area contributed by atoms with Crippen molar-refractivity contribution in [2.75, 3.05) is 5.75 Å². The molecule has 0 aliphatic heterocycles. The first-order valence-corrected chi connectivity index (χ1v) is 5.22. The van der Waals surface area contributed by atoms with Crippen molar-refractivity contribution in [2.45, 2.75) is 12.8 Å². The summed E-state index contributed by atoms with van der Waals surface area (Å²) >= 11 is 0. The second-order valence-corrected chi connectivity index (χ2v) is 4.91. The van der Waals surface area contributed by atoms with Gasteiger partial charge >= 0.3 is 0 Å². The van der Waals surface area contributed by atoms with Gasteiger partial charge in [-0.1, -0.05) is 0 Å². The van der Waals surface area contributed by atoms with Crippen molar-refractivity contribution in [1.29, 1.82) is 5.26 Å². The van der Waals surface area contributed by atoms with Gasteiger partial charge in [0.25, 0.3) is 0 Å². The summed E-state index contributed by atoms with van der Waals surface area (Å²) in [6.45, 7) is 0. The quantitative estimate of drug-likeness (QED) is 0.471. The van der Waals surface area contributed by atoms with Gasteiger partial charge in [-0.25, -0.2) is 0 Å². The molecule has 0 aromatic rings. The van der Waals surface area contributed by atoms with Gasteiger partial charge in [-0.05, 0) is 0 Å². The molecule has 8 heavy (non-hydrogen) atoms. The van der Waals surface area contributed by atoms with Crippen LogP contribution in [-0.4, -0.2) is 5.75 Å². The van der Waals surface area contributed by atoms with Crippen LogP contribution in [0.4, 0.5) is 0 Å².